The molecule has 0 radical (unpaired) electrons. The van der Waals surface area contributed by atoms with Crippen LogP contribution in [0.25, 0.3) is 11.1 Å². The lowest BCUT2D eigenvalue weighted by Crippen LogP contribution is -2.52. The van der Waals surface area contributed by atoms with Gasteiger partial charge < -0.3 is 18.9 Å². The van der Waals surface area contributed by atoms with E-state index in [2.05, 4.69) is 106 Å². The van der Waals surface area contributed by atoms with Gasteiger partial charge in [0.1, 0.15) is 0 Å². The zero-order valence-corrected chi connectivity index (χ0v) is 31.9. The summed E-state index contributed by atoms with van der Waals surface area (Å²) in [5, 5.41) is 0. The number of unbranched alkanes of at least 4 members (excludes halogenated alkanes) is 4. The lowest BCUT2D eigenvalue weighted by molar-refractivity contribution is 0.262. The molecule has 3 aromatic carbocycles. The fraction of sp³-hybridized carbons (Fsp3) is 0.581. The molecule has 48 heavy (non-hydrogen) atoms. The standard InChI is InChI=1S/C43H63BO4/c1-11-15-19-45-39-25-35-36-26-40(46-20-16-12-2)42(48-22-18-14-4)28-38(36)44(37(35)27-41(39)47-21-17-13-3)43-33(30(7)8)23-32(29(5)6)24-34(43)31(9)10/h23-31H,11-22H2,1-10H3. The highest BCUT2D eigenvalue weighted by Gasteiger charge is 2.39. The van der Waals surface area contributed by atoms with Crippen molar-refractivity contribution in [2.24, 2.45) is 0 Å². The summed E-state index contributed by atoms with van der Waals surface area (Å²) in [4.78, 5) is 0. The summed E-state index contributed by atoms with van der Waals surface area (Å²) in [7, 11) is 0. The van der Waals surface area contributed by atoms with Crippen molar-refractivity contribution in [2.45, 2.75) is 138 Å². The van der Waals surface area contributed by atoms with Crippen molar-refractivity contribution in [1.29, 1.82) is 0 Å². The third-order valence-corrected chi connectivity index (χ3v) is 9.63. The molecule has 0 aliphatic carbocycles. The van der Waals surface area contributed by atoms with Crippen LogP contribution in [0.4, 0.5) is 0 Å². The Morgan fingerprint density at radius 3 is 1.08 bits per heavy atom. The summed E-state index contributed by atoms with van der Waals surface area (Å²) in [6.45, 7) is 25.6. The molecule has 0 amide bonds. The van der Waals surface area contributed by atoms with E-state index in [0.717, 1.165) is 74.4 Å². The minimum Gasteiger partial charge on any atom is -0.490 e. The lowest BCUT2D eigenvalue weighted by Gasteiger charge is -2.27. The number of benzene rings is 3. The second kappa shape index (κ2) is 18.1. The van der Waals surface area contributed by atoms with Gasteiger partial charge in [0, 0.05) is 0 Å². The molecule has 0 saturated carbocycles. The monoisotopic (exact) mass is 654 g/mol. The van der Waals surface area contributed by atoms with E-state index in [1.807, 2.05) is 0 Å². The van der Waals surface area contributed by atoms with Gasteiger partial charge in [-0.3, -0.25) is 0 Å². The first-order valence-electron chi connectivity index (χ1n) is 19.2. The number of rotatable bonds is 20. The molecule has 262 valence electrons. The van der Waals surface area contributed by atoms with Crippen LogP contribution in [0.15, 0.2) is 36.4 Å². The molecule has 0 aromatic heterocycles. The minimum atomic E-state index is 0.0439. The summed E-state index contributed by atoms with van der Waals surface area (Å²) in [5.41, 5.74) is 10.7. The van der Waals surface area contributed by atoms with E-state index in [0.29, 0.717) is 44.2 Å². The van der Waals surface area contributed by atoms with E-state index < -0.39 is 0 Å². The van der Waals surface area contributed by atoms with Crippen molar-refractivity contribution in [3.05, 3.63) is 53.1 Å². The van der Waals surface area contributed by atoms with Crippen LogP contribution in [-0.2, 0) is 0 Å². The summed E-state index contributed by atoms with van der Waals surface area (Å²) in [5.74, 6) is 4.59. The van der Waals surface area contributed by atoms with E-state index in [-0.39, 0.29) is 6.71 Å². The van der Waals surface area contributed by atoms with Crippen LogP contribution in [0, 0.1) is 0 Å². The molecule has 0 spiro atoms. The predicted molar refractivity (Wildman–Crippen MR) is 207 cm³/mol. The summed E-state index contributed by atoms with van der Waals surface area (Å²) in [6.07, 6.45) is 8.39. The zero-order valence-electron chi connectivity index (χ0n) is 31.9. The van der Waals surface area contributed by atoms with Gasteiger partial charge in [-0.2, -0.15) is 0 Å². The Labute approximate surface area is 293 Å². The molecule has 1 aliphatic rings. The van der Waals surface area contributed by atoms with Gasteiger partial charge in [-0.05, 0) is 95.5 Å². The molecule has 1 heterocycles. The maximum atomic E-state index is 6.53. The molecule has 4 nitrogen and oxygen atoms in total. The van der Waals surface area contributed by atoms with Crippen molar-refractivity contribution in [3.63, 3.8) is 0 Å². The zero-order chi connectivity index (χ0) is 34.8. The molecule has 5 heteroatoms. The van der Waals surface area contributed by atoms with Crippen LogP contribution >= 0.6 is 0 Å². The number of hydrogen-bond acceptors (Lipinski definition) is 4. The van der Waals surface area contributed by atoms with E-state index in [9.17, 15) is 0 Å². The second-order valence-electron chi connectivity index (χ2n) is 14.6. The molecule has 0 unspecified atom stereocenters. The molecule has 4 rings (SSSR count). The predicted octanol–water partition coefficient (Wildman–Crippen LogP) is 10.3. The molecule has 0 bridgehead atoms. The van der Waals surface area contributed by atoms with E-state index in [1.165, 1.54) is 44.2 Å². The molecule has 0 atom stereocenters. The van der Waals surface area contributed by atoms with Gasteiger partial charge in [0.05, 0.1) is 26.4 Å². The molecule has 0 saturated heterocycles. The normalized spacial score (nSPS) is 12.2. The smallest absolute Gasteiger partial charge is 0.243 e. The molecule has 0 fully saturated rings. The van der Waals surface area contributed by atoms with Crippen LogP contribution in [0.2, 0.25) is 0 Å². The van der Waals surface area contributed by atoms with Crippen molar-refractivity contribution < 1.29 is 18.9 Å². The Hall–Kier alpha value is -3.08. The van der Waals surface area contributed by atoms with E-state index in [1.54, 1.807) is 0 Å². The Bertz CT molecular complexity index is 1370. The highest BCUT2D eigenvalue weighted by molar-refractivity contribution is 6.99. The molecule has 0 N–H and O–H groups in total. The molecular weight excluding hydrogens is 591 g/mol. The van der Waals surface area contributed by atoms with Crippen molar-refractivity contribution in [3.8, 4) is 34.1 Å². The van der Waals surface area contributed by atoms with Crippen LogP contribution in [-0.4, -0.2) is 33.1 Å². The number of ether oxygens (including phenoxy) is 4. The fourth-order valence-electron chi connectivity index (χ4n) is 6.68. The van der Waals surface area contributed by atoms with Gasteiger partial charge >= 0.3 is 0 Å². The Morgan fingerprint density at radius 1 is 0.458 bits per heavy atom. The minimum absolute atomic E-state index is 0.0439. The summed E-state index contributed by atoms with van der Waals surface area (Å²) < 4.78 is 26.0. The van der Waals surface area contributed by atoms with E-state index >= 15 is 0 Å². The topological polar surface area (TPSA) is 36.9 Å². The Kier molecular flexibility index (Phi) is 14.2. The van der Waals surface area contributed by atoms with Gasteiger partial charge in [-0.25, -0.2) is 0 Å². The first kappa shape index (κ1) is 37.7. The highest BCUT2D eigenvalue weighted by atomic mass is 16.5. The first-order chi connectivity index (χ1) is 23.2. The van der Waals surface area contributed by atoms with Gasteiger partial charge in [-0.1, -0.05) is 123 Å². The highest BCUT2D eigenvalue weighted by Crippen LogP contribution is 2.40. The Morgan fingerprint density at radius 2 is 0.792 bits per heavy atom. The third kappa shape index (κ3) is 8.74. The quantitative estimate of drug-likeness (QED) is 0.0702. The van der Waals surface area contributed by atoms with E-state index in [4.69, 9.17) is 18.9 Å². The van der Waals surface area contributed by atoms with Gasteiger partial charge in [-0.15, -0.1) is 0 Å². The largest absolute Gasteiger partial charge is 0.490 e. The first-order valence-corrected chi connectivity index (χ1v) is 19.2. The average molecular weight is 655 g/mol. The number of hydrogen-bond donors (Lipinski definition) is 0. The van der Waals surface area contributed by atoms with Crippen LogP contribution in [0.3, 0.4) is 0 Å². The van der Waals surface area contributed by atoms with Gasteiger partial charge in [0.2, 0.25) is 6.71 Å². The van der Waals surface area contributed by atoms with Crippen molar-refractivity contribution >= 4 is 23.1 Å². The molecule has 3 aromatic rings. The van der Waals surface area contributed by atoms with Crippen LogP contribution in [0.5, 0.6) is 23.0 Å². The lowest BCUT2D eigenvalue weighted by atomic mass is 9.36. The maximum absolute atomic E-state index is 6.53. The van der Waals surface area contributed by atoms with Crippen LogP contribution < -0.4 is 35.3 Å². The average Bonchev–Trinajstić information content (AvgIpc) is 3.35. The second-order valence-corrected chi connectivity index (χ2v) is 14.6. The van der Waals surface area contributed by atoms with Gasteiger partial charge in [0.25, 0.3) is 0 Å². The van der Waals surface area contributed by atoms with Crippen molar-refractivity contribution in [2.75, 3.05) is 26.4 Å². The number of fused-ring (bicyclic) bond motifs is 3. The Balaban J connectivity index is 2.05. The van der Waals surface area contributed by atoms with Crippen molar-refractivity contribution in [1.82, 2.24) is 0 Å². The fourth-order valence-corrected chi connectivity index (χ4v) is 6.68. The summed E-state index contributed by atoms with van der Waals surface area (Å²) in [6, 6.07) is 14.1. The molecule has 1 aliphatic heterocycles. The third-order valence-electron chi connectivity index (χ3n) is 9.63. The van der Waals surface area contributed by atoms with Gasteiger partial charge in [0.15, 0.2) is 23.0 Å². The summed E-state index contributed by atoms with van der Waals surface area (Å²) >= 11 is 0. The SMILES string of the molecule is CCCCOc1cc2c(cc1OCCCC)-c1cc(OCCCC)c(OCCCC)cc1B2c1c(C(C)C)cc(C(C)C)cc1C(C)C. The maximum Gasteiger partial charge on any atom is 0.243 e. The molecular formula is C43H63BO4. The van der Waals surface area contributed by atoms with Crippen LogP contribution in [0.1, 0.15) is 155 Å².